The first-order valence-corrected chi connectivity index (χ1v) is 7.31. The maximum atomic E-state index is 5.91. The van der Waals surface area contributed by atoms with E-state index in [1.807, 2.05) is 48.5 Å². The SMILES string of the molecule is NC(=Nc1cncc(Cc2ccccc2)n1)Nc1ccccc1. The smallest absolute Gasteiger partial charge is 0.199 e. The van der Waals surface area contributed by atoms with E-state index in [1.165, 1.54) is 5.56 Å². The van der Waals surface area contributed by atoms with Gasteiger partial charge in [-0.05, 0) is 17.7 Å². The van der Waals surface area contributed by atoms with Crippen LogP contribution in [0.4, 0.5) is 11.5 Å². The van der Waals surface area contributed by atoms with Crippen LogP contribution in [-0.4, -0.2) is 15.9 Å². The van der Waals surface area contributed by atoms with Crippen molar-refractivity contribution in [1.82, 2.24) is 9.97 Å². The van der Waals surface area contributed by atoms with Crippen LogP contribution >= 0.6 is 0 Å². The van der Waals surface area contributed by atoms with E-state index >= 15 is 0 Å². The normalized spacial score (nSPS) is 11.2. The average Bonchev–Trinajstić information content (AvgIpc) is 2.57. The van der Waals surface area contributed by atoms with Gasteiger partial charge in [0.05, 0.1) is 11.9 Å². The monoisotopic (exact) mass is 303 g/mol. The van der Waals surface area contributed by atoms with Crippen LogP contribution in [0.15, 0.2) is 78.0 Å². The molecule has 5 heteroatoms. The van der Waals surface area contributed by atoms with Crippen LogP contribution in [-0.2, 0) is 6.42 Å². The fourth-order valence-corrected chi connectivity index (χ4v) is 2.16. The Hall–Kier alpha value is -3.21. The third-order valence-corrected chi connectivity index (χ3v) is 3.18. The van der Waals surface area contributed by atoms with Gasteiger partial charge in [0.15, 0.2) is 11.8 Å². The molecule has 0 radical (unpaired) electrons. The molecule has 0 aliphatic rings. The molecule has 0 aliphatic carbocycles. The quantitative estimate of drug-likeness (QED) is 0.573. The van der Waals surface area contributed by atoms with Gasteiger partial charge in [-0.15, -0.1) is 0 Å². The lowest BCUT2D eigenvalue weighted by atomic mass is 10.1. The number of nitrogens with two attached hydrogens (primary N) is 1. The van der Waals surface area contributed by atoms with Gasteiger partial charge in [0.2, 0.25) is 0 Å². The maximum Gasteiger partial charge on any atom is 0.199 e. The van der Waals surface area contributed by atoms with Gasteiger partial charge in [-0.3, -0.25) is 4.98 Å². The number of aliphatic imine (C=N–C) groups is 1. The summed E-state index contributed by atoms with van der Waals surface area (Å²) in [7, 11) is 0. The Morgan fingerprint density at radius 1 is 0.957 bits per heavy atom. The Morgan fingerprint density at radius 3 is 2.39 bits per heavy atom. The lowest BCUT2D eigenvalue weighted by Crippen LogP contribution is -2.22. The minimum absolute atomic E-state index is 0.280. The Labute approximate surface area is 134 Å². The van der Waals surface area contributed by atoms with Crippen LogP contribution in [0, 0.1) is 0 Å². The summed E-state index contributed by atoms with van der Waals surface area (Å²) in [6.45, 7) is 0. The first kappa shape index (κ1) is 14.7. The average molecular weight is 303 g/mol. The van der Waals surface area contributed by atoms with Gasteiger partial charge in [-0.2, -0.15) is 4.99 Å². The van der Waals surface area contributed by atoms with Crippen LogP contribution in [0.5, 0.6) is 0 Å². The zero-order chi connectivity index (χ0) is 15.9. The molecule has 23 heavy (non-hydrogen) atoms. The topological polar surface area (TPSA) is 76.2 Å². The second-order valence-electron chi connectivity index (χ2n) is 5.02. The van der Waals surface area contributed by atoms with Crippen molar-refractivity contribution in [2.24, 2.45) is 10.7 Å². The van der Waals surface area contributed by atoms with Gasteiger partial charge in [0, 0.05) is 18.3 Å². The highest BCUT2D eigenvalue weighted by molar-refractivity contribution is 5.93. The van der Waals surface area contributed by atoms with E-state index in [0.29, 0.717) is 12.2 Å². The molecule has 3 N–H and O–H groups in total. The molecule has 3 aromatic rings. The number of guanidine groups is 1. The van der Waals surface area contributed by atoms with Gasteiger partial charge < -0.3 is 11.1 Å². The molecule has 0 unspecified atom stereocenters. The summed E-state index contributed by atoms with van der Waals surface area (Å²) in [5.74, 6) is 0.765. The van der Waals surface area contributed by atoms with Crippen molar-refractivity contribution in [1.29, 1.82) is 0 Å². The number of nitrogens with one attached hydrogen (secondary N) is 1. The third-order valence-electron chi connectivity index (χ3n) is 3.18. The van der Waals surface area contributed by atoms with E-state index < -0.39 is 0 Å². The lowest BCUT2D eigenvalue weighted by Gasteiger charge is -2.05. The Kier molecular flexibility index (Phi) is 4.59. The minimum Gasteiger partial charge on any atom is -0.369 e. The molecule has 0 amide bonds. The van der Waals surface area contributed by atoms with Crippen LogP contribution < -0.4 is 11.1 Å². The van der Waals surface area contributed by atoms with E-state index in [1.54, 1.807) is 12.4 Å². The van der Waals surface area contributed by atoms with Crippen molar-refractivity contribution in [3.05, 3.63) is 84.3 Å². The zero-order valence-corrected chi connectivity index (χ0v) is 12.6. The van der Waals surface area contributed by atoms with E-state index in [2.05, 4.69) is 32.4 Å². The summed E-state index contributed by atoms with van der Waals surface area (Å²) >= 11 is 0. The minimum atomic E-state index is 0.280. The summed E-state index contributed by atoms with van der Waals surface area (Å²) in [4.78, 5) is 12.9. The number of anilines is 1. The molecule has 0 spiro atoms. The first-order valence-electron chi connectivity index (χ1n) is 7.31. The molecule has 2 aromatic carbocycles. The molecule has 0 fully saturated rings. The van der Waals surface area contributed by atoms with Crippen molar-refractivity contribution >= 4 is 17.5 Å². The standard InChI is InChI=1S/C18H17N5/c19-18(22-15-9-5-2-6-10-15)23-17-13-20-12-16(21-17)11-14-7-3-1-4-8-14/h1-10,12-13H,11H2,(H3,19,21,22,23). The van der Waals surface area contributed by atoms with Gasteiger partial charge in [-0.1, -0.05) is 48.5 Å². The number of rotatable bonds is 4. The van der Waals surface area contributed by atoms with Gasteiger partial charge in [0.1, 0.15) is 0 Å². The second kappa shape index (κ2) is 7.17. The molecule has 0 aliphatic heterocycles. The number of para-hydroxylation sites is 1. The Bertz CT molecular complexity index is 785. The summed E-state index contributed by atoms with van der Waals surface area (Å²) in [5, 5.41) is 3.02. The molecule has 0 saturated heterocycles. The number of benzene rings is 2. The summed E-state index contributed by atoms with van der Waals surface area (Å²) in [6.07, 6.45) is 4.05. The highest BCUT2D eigenvalue weighted by Gasteiger charge is 2.01. The molecular weight excluding hydrogens is 286 g/mol. The fourth-order valence-electron chi connectivity index (χ4n) is 2.16. The van der Waals surface area contributed by atoms with E-state index in [9.17, 15) is 0 Å². The second-order valence-corrected chi connectivity index (χ2v) is 5.02. The Morgan fingerprint density at radius 2 is 1.65 bits per heavy atom. The number of hydrogen-bond acceptors (Lipinski definition) is 3. The van der Waals surface area contributed by atoms with Crippen molar-refractivity contribution < 1.29 is 0 Å². The van der Waals surface area contributed by atoms with Crippen LogP contribution in [0.2, 0.25) is 0 Å². The van der Waals surface area contributed by atoms with Crippen molar-refractivity contribution in [3.63, 3.8) is 0 Å². The van der Waals surface area contributed by atoms with Gasteiger partial charge in [0.25, 0.3) is 0 Å². The molecule has 5 nitrogen and oxygen atoms in total. The van der Waals surface area contributed by atoms with Crippen molar-refractivity contribution in [2.45, 2.75) is 6.42 Å². The molecule has 114 valence electrons. The molecule has 1 aromatic heterocycles. The van der Waals surface area contributed by atoms with Crippen LogP contribution in [0.3, 0.4) is 0 Å². The van der Waals surface area contributed by atoms with E-state index in [0.717, 1.165) is 11.4 Å². The third kappa shape index (κ3) is 4.38. The molecule has 3 rings (SSSR count). The predicted molar refractivity (Wildman–Crippen MR) is 92.6 cm³/mol. The molecule has 0 bridgehead atoms. The number of aromatic nitrogens is 2. The predicted octanol–water partition coefficient (Wildman–Crippen LogP) is 3.13. The summed E-state index contributed by atoms with van der Waals surface area (Å²) < 4.78 is 0. The van der Waals surface area contributed by atoms with E-state index in [4.69, 9.17) is 5.73 Å². The zero-order valence-electron chi connectivity index (χ0n) is 12.6. The van der Waals surface area contributed by atoms with Gasteiger partial charge in [-0.25, -0.2) is 4.98 Å². The first-order chi connectivity index (χ1) is 11.3. The Balaban J connectivity index is 1.73. The molecule has 1 heterocycles. The van der Waals surface area contributed by atoms with Crippen LogP contribution in [0.25, 0.3) is 0 Å². The number of hydrogen-bond donors (Lipinski definition) is 2. The molecule has 0 saturated carbocycles. The molecular formula is C18H17N5. The van der Waals surface area contributed by atoms with E-state index in [-0.39, 0.29) is 5.96 Å². The number of nitrogens with zero attached hydrogens (tertiary/aromatic N) is 3. The summed E-state index contributed by atoms with van der Waals surface area (Å²) in [5.41, 5.74) is 8.82. The van der Waals surface area contributed by atoms with Crippen LogP contribution in [0.1, 0.15) is 11.3 Å². The largest absolute Gasteiger partial charge is 0.369 e. The highest BCUT2D eigenvalue weighted by Crippen LogP contribution is 2.11. The fraction of sp³-hybridized carbons (Fsp3) is 0.0556. The maximum absolute atomic E-state index is 5.91. The summed E-state index contributed by atoms with van der Waals surface area (Å²) in [6, 6.07) is 19.7. The lowest BCUT2D eigenvalue weighted by molar-refractivity contribution is 1.02. The van der Waals surface area contributed by atoms with Crippen molar-refractivity contribution in [2.75, 3.05) is 5.32 Å². The van der Waals surface area contributed by atoms with Gasteiger partial charge >= 0.3 is 0 Å². The highest BCUT2D eigenvalue weighted by atomic mass is 15.1. The van der Waals surface area contributed by atoms with Crippen molar-refractivity contribution in [3.8, 4) is 0 Å². The molecule has 0 atom stereocenters.